The monoisotopic (exact) mass is 268 g/mol. The lowest BCUT2D eigenvalue weighted by Crippen LogP contribution is -2.29. The lowest BCUT2D eigenvalue weighted by molar-refractivity contribution is -0.383. The normalized spacial score (nSPS) is 15.7. The zero-order valence-corrected chi connectivity index (χ0v) is 11.2. The summed E-state index contributed by atoms with van der Waals surface area (Å²) in [6.07, 6.45) is 3.69. The molecule has 0 unspecified atom stereocenters. The number of hydrogen-bond acceptors (Lipinski definition) is 5. The number of carbonyl (C=O) groups is 1. The molecule has 18 heavy (non-hydrogen) atoms. The van der Waals surface area contributed by atoms with Crippen LogP contribution in [0.3, 0.4) is 0 Å². The standard InChI is InChI=1S/C12H16N2O3S/c1-2-10(15)11-8-9(14(16)17)12(18-11)13-6-4-3-5-7-13/h8H,2-7H2,1H3. The van der Waals surface area contributed by atoms with E-state index in [0.29, 0.717) is 16.3 Å². The minimum absolute atomic E-state index is 0.0219. The van der Waals surface area contributed by atoms with Gasteiger partial charge in [-0.1, -0.05) is 6.92 Å². The quantitative estimate of drug-likeness (QED) is 0.477. The summed E-state index contributed by atoms with van der Waals surface area (Å²) in [6.45, 7) is 3.47. The first-order chi connectivity index (χ1) is 8.63. The molecule has 0 atom stereocenters. The Labute approximate surface area is 110 Å². The number of thiophene rings is 1. The number of nitrogens with zero attached hydrogens (tertiary/aromatic N) is 2. The summed E-state index contributed by atoms with van der Waals surface area (Å²) in [5.74, 6) is -0.0219. The van der Waals surface area contributed by atoms with Gasteiger partial charge in [0.2, 0.25) is 0 Å². The molecule has 1 aromatic heterocycles. The summed E-state index contributed by atoms with van der Waals surface area (Å²) in [5, 5.41) is 11.7. The molecule has 0 aliphatic carbocycles. The van der Waals surface area contributed by atoms with Crippen molar-refractivity contribution in [2.24, 2.45) is 0 Å². The predicted molar refractivity (Wildman–Crippen MR) is 71.7 cm³/mol. The van der Waals surface area contributed by atoms with Crippen molar-refractivity contribution in [1.82, 2.24) is 0 Å². The molecule has 2 heterocycles. The van der Waals surface area contributed by atoms with E-state index in [1.165, 1.54) is 23.8 Å². The number of carbonyl (C=O) groups excluding carboxylic acids is 1. The van der Waals surface area contributed by atoms with Crippen LogP contribution in [0.2, 0.25) is 0 Å². The Bertz CT molecular complexity index is 464. The van der Waals surface area contributed by atoms with E-state index >= 15 is 0 Å². The molecule has 0 radical (unpaired) electrons. The average Bonchev–Trinajstić information content (AvgIpc) is 2.84. The molecule has 6 heteroatoms. The maximum Gasteiger partial charge on any atom is 0.304 e. The van der Waals surface area contributed by atoms with Crippen molar-refractivity contribution in [3.05, 3.63) is 21.1 Å². The lowest BCUT2D eigenvalue weighted by atomic mass is 10.1. The van der Waals surface area contributed by atoms with Crippen LogP contribution in [-0.2, 0) is 0 Å². The van der Waals surface area contributed by atoms with Crippen LogP contribution in [-0.4, -0.2) is 23.8 Å². The van der Waals surface area contributed by atoms with E-state index in [0.717, 1.165) is 25.9 Å². The minimum atomic E-state index is -0.382. The Morgan fingerprint density at radius 2 is 2.11 bits per heavy atom. The van der Waals surface area contributed by atoms with Gasteiger partial charge in [-0.3, -0.25) is 14.9 Å². The minimum Gasteiger partial charge on any atom is -0.358 e. The van der Waals surface area contributed by atoms with Crippen molar-refractivity contribution in [3.63, 3.8) is 0 Å². The van der Waals surface area contributed by atoms with Gasteiger partial charge in [0.15, 0.2) is 10.8 Å². The van der Waals surface area contributed by atoms with Crippen molar-refractivity contribution in [2.45, 2.75) is 32.6 Å². The van der Waals surface area contributed by atoms with Crippen molar-refractivity contribution in [2.75, 3.05) is 18.0 Å². The number of anilines is 1. The molecule has 2 rings (SSSR count). The maximum atomic E-state index is 11.7. The lowest BCUT2D eigenvalue weighted by Gasteiger charge is -2.26. The van der Waals surface area contributed by atoms with Crippen LogP contribution in [0.25, 0.3) is 0 Å². The number of rotatable bonds is 4. The van der Waals surface area contributed by atoms with Crippen molar-refractivity contribution < 1.29 is 9.72 Å². The van der Waals surface area contributed by atoms with Crippen molar-refractivity contribution >= 4 is 27.8 Å². The molecule has 0 saturated carbocycles. The van der Waals surface area contributed by atoms with E-state index in [4.69, 9.17) is 0 Å². The molecule has 0 N–H and O–H groups in total. The summed E-state index contributed by atoms with van der Waals surface area (Å²) in [6, 6.07) is 1.43. The SMILES string of the molecule is CCC(=O)c1cc([N+](=O)[O-])c(N2CCCCC2)s1. The second kappa shape index (κ2) is 5.48. The second-order valence-corrected chi connectivity index (χ2v) is 5.41. The molecule has 0 spiro atoms. The molecular weight excluding hydrogens is 252 g/mol. The second-order valence-electron chi connectivity index (χ2n) is 4.38. The van der Waals surface area contributed by atoms with Crippen LogP contribution >= 0.6 is 11.3 Å². The highest BCUT2D eigenvalue weighted by Crippen LogP contribution is 2.39. The third-order valence-electron chi connectivity index (χ3n) is 3.13. The van der Waals surface area contributed by atoms with E-state index in [1.54, 1.807) is 6.92 Å². The molecule has 0 bridgehead atoms. The van der Waals surface area contributed by atoms with Gasteiger partial charge < -0.3 is 4.90 Å². The van der Waals surface area contributed by atoms with E-state index in [2.05, 4.69) is 0 Å². The first kappa shape index (κ1) is 13.0. The fourth-order valence-electron chi connectivity index (χ4n) is 2.14. The van der Waals surface area contributed by atoms with Crippen LogP contribution < -0.4 is 4.90 Å². The van der Waals surface area contributed by atoms with E-state index in [9.17, 15) is 14.9 Å². The van der Waals surface area contributed by atoms with Crippen LogP contribution in [0, 0.1) is 10.1 Å². The summed E-state index contributed by atoms with van der Waals surface area (Å²) in [4.78, 5) is 24.9. The molecule has 1 aliphatic heterocycles. The Morgan fingerprint density at radius 3 is 2.67 bits per heavy atom. The molecular formula is C12H16N2O3S. The highest BCUT2D eigenvalue weighted by atomic mass is 32.1. The van der Waals surface area contributed by atoms with Crippen LogP contribution in [0.1, 0.15) is 42.3 Å². The maximum absolute atomic E-state index is 11.7. The highest BCUT2D eigenvalue weighted by molar-refractivity contribution is 7.18. The molecule has 0 amide bonds. The fourth-order valence-corrected chi connectivity index (χ4v) is 3.32. The molecule has 1 fully saturated rings. The molecule has 1 aromatic rings. The zero-order valence-electron chi connectivity index (χ0n) is 10.3. The first-order valence-corrected chi connectivity index (χ1v) is 7.01. The number of nitro groups is 1. The topological polar surface area (TPSA) is 63.4 Å². The van der Waals surface area contributed by atoms with E-state index in [1.807, 2.05) is 4.90 Å². The molecule has 5 nitrogen and oxygen atoms in total. The van der Waals surface area contributed by atoms with Gasteiger partial charge in [-0.2, -0.15) is 0 Å². The van der Waals surface area contributed by atoms with E-state index in [-0.39, 0.29) is 16.4 Å². The zero-order chi connectivity index (χ0) is 13.1. The van der Waals surface area contributed by atoms with E-state index < -0.39 is 0 Å². The Balaban J connectivity index is 2.34. The van der Waals surface area contributed by atoms with Gasteiger partial charge in [-0.25, -0.2) is 0 Å². The number of ketones is 1. The van der Waals surface area contributed by atoms with Gasteiger partial charge in [0.25, 0.3) is 0 Å². The first-order valence-electron chi connectivity index (χ1n) is 6.20. The highest BCUT2D eigenvalue weighted by Gasteiger charge is 2.26. The summed E-state index contributed by atoms with van der Waals surface area (Å²) in [7, 11) is 0. The third kappa shape index (κ3) is 2.53. The molecule has 1 saturated heterocycles. The van der Waals surface area contributed by atoms with Crippen molar-refractivity contribution in [1.29, 1.82) is 0 Å². The average molecular weight is 268 g/mol. The van der Waals surface area contributed by atoms with Gasteiger partial charge in [-0.05, 0) is 19.3 Å². The van der Waals surface area contributed by atoms with Crippen LogP contribution in [0.15, 0.2) is 6.07 Å². The van der Waals surface area contributed by atoms with Gasteiger partial charge in [-0.15, -0.1) is 11.3 Å². The van der Waals surface area contributed by atoms with Gasteiger partial charge in [0, 0.05) is 25.6 Å². The Morgan fingerprint density at radius 1 is 1.44 bits per heavy atom. The van der Waals surface area contributed by atoms with Gasteiger partial charge in [0.05, 0.1) is 9.80 Å². The third-order valence-corrected chi connectivity index (χ3v) is 4.36. The number of piperidine rings is 1. The Hall–Kier alpha value is -1.43. The molecule has 98 valence electrons. The Kier molecular flexibility index (Phi) is 3.96. The molecule has 0 aromatic carbocycles. The summed E-state index contributed by atoms with van der Waals surface area (Å²) >= 11 is 1.26. The molecule has 1 aliphatic rings. The van der Waals surface area contributed by atoms with Crippen molar-refractivity contribution in [3.8, 4) is 0 Å². The summed E-state index contributed by atoms with van der Waals surface area (Å²) in [5.41, 5.74) is 0.0821. The number of Topliss-reactive ketones (excluding diaryl/α,β-unsaturated/α-hetero) is 1. The fraction of sp³-hybridized carbons (Fsp3) is 0.583. The van der Waals surface area contributed by atoms with Crippen LogP contribution in [0.5, 0.6) is 0 Å². The van der Waals surface area contributed by atoms with Gasteiger partial charge >= 0.3 is 5.69 Å². The number of hydrogen-bond donors (Lipinski definition) is 0. The largest absolute Gasteiger partial charge is 0.358 e. The van der Waals surface area contributed by atoms with Gasteiger partial charge in [0.1, 0.15) is 0 Å². The smallest absolute Gasteiger partial charge is 0.304 e. The predicted octanol–water partition coefficient (Wildman–Crippen LogP) is 3.24. The van der Waals surface area contributed by atoms with Crippen LogP contribution in [0.4, 0.5) is 10.7 Å². The summed E-state index contributed by atoms with van der Waals surface area (Å²) < 4.78 is 0.